The first-order chi connectivity index (χ1) is 8.20. The lowest BCUT2D eigenvalue weighted by molar-refractivity contribution is 0.183. The van der Waals surface area contributed by atoms with Crippen LogP contribution in [0.4, 0.5) is 4.39 Å². The zero-order valence-electron chi connectivity index (χ0n) is 9.52. The minimum absolute atomic E-state index is 0.267. The summed E-state index contributed by atoms with van der Waals surface area (Å²) in [5.41, 5.74) is 6.18. The van der Waals surface area contributed by atoms with Crippen molar-refractivity contribution in [2.75, 3.05) is 6.54 Å². The molecule has 2 aromatic rings. The molecule has 1 heterocycles. The third-order valence-electron chi connectivity index (χ3n) is 2.50. The second-order valence-electron chi connectivity index (χ2n) is 3.77. The molecule has 0 aliphatic carbocycles. The second kappa shape index (κ2) is 5.01. The average Bonchev–Trinajstić information content (AvgIpc) is 2.84. The van der Waals surface area contributed by atoms with Crippen LogP contribution in [0, 0.1) is 12.7 Å². The molecule has 0 aliphatic heterocycles. The number of ether oxygens (including phenoxy) is 1. The van der Waals surface area contributed by atoms with Gasteiger partial charge in [0.2, 0.25) is 0 Å². The molecule has 0 saturated carbocycles. The van der Waals surface area contributed by atoms with E-state index in [-0.39, 0.29) is 12.4 Å². The topological polar surface area (TPSA) is 48.4 Å². The first kappa shape index (κ1) is 11.7. The van der Waals surface area contributed by atoms with Crippen molar-refractivity contribution in [3.05, 3.63) is 53.7 Å². The Morgan fingerprint density at radius 2 is 2.24 bits per heavy atom. The van der Waals surface area contributed by atoms with Crippen LogP contribution in [0.5, 0.6) is 5.75 Å². The monoisotopic (exact) mass is 235 g/mol. The Morgan fingerprint density at radius 1 is 1.41 bits per heavy atom. The van der Waals surface area contributed by atoms with E-state index in [0.717, 1.165) is 0 Å². The number of aryl methyl sites for hydroxylation is 1. The fourth-order valence-corrected chi connectivity index (χ4v) is 1.51. The van der Waals surface area contributed by atoms with Crippen molar-refractivity contribution >= 4 is 0 Å². The molecule has 0 aliphatic rings. The number of benzene rings is 1. The SMILES string of the molecule is Cc1ccc(OC(CN)c2ccco2)cc1F. The van der Waals surface area contributed by atoms with Gasteiger partial charge < -0.3 is 14.9 Å². The highest BCUT2D eigenvalue weighted by Gasteiger charge is 2.14. The highest BCUT2D eigenvalue weighted by atomic mass is 19.1. The van der Waals surface area contributed by atoms with E-state index in [0.29, 0.717) is 17.1 Å². The van der Waals surface area contributed by atoms with Gasteiger partial charge in [-0.25, -0.2) is 4.39 Å². The fourth-order valence-electron chi connectivity index (χ4n) is 1.51. The molecule has 17 heavy (non-hydrogen) atoms. The molecule has 0 saturated heterocycles. The van der Waals surface area contributed by atoms with Crippen molar-refractivity contribution in [1.82, 2.24) is 0 Å². The normalized spacial score (nSPS) is 12.4. The van der Waals surface area contributed by atoms with Crippen LogP contribution in [0.1, 0.15) is 17.4 Å². The summed E-state index contributed by atoms with van der Waals surface area (Å²) in [7, 11) is 0. The van der Waals surface area contributed by atoms with E-state index in [2.05, 4.69) is 0 Å². The quantitative estimate of drug-likeness (QED) is 0.886. The molecule has 0 bridgehead atoms. The van der Waals surface area contributed by atoms with Gasteiger partial charge in [0.25, 0.3) is 0 Å². The molecule has 1 atom stereocenters. The third kappa shape index (κ3) is 2.65. The predicted molar refractivity (Wildman–Crippen MR) is 62.3 cm³/mol. The van der Waals surface area contributed by atoms with Crippen molar-refractivity contribution in [2.45, 2.75) is 13.0 Å². The van der Waals surface area contributed by atoms with Crippen molar-refractivity contribution in [1.29, 1.82) is 0 Å². The van der Waals surface area contributed by atoms with Crippen LogP contribution in [0.2, 0.25) is 0 Å². The van der Waals surface area contributed by atoms with Crippen LogP contribution in [-0.4, -0.2) is 6.54 Å². The number of hydrogen-bond acceptors (Lipinski definition) is 3. The van der Waals surface area contributed by atoms with Gasteiger partial charge in [-0.1, -0.05) is 6.07 Å². The summed E-state index contributed by atoms with van der Waals surface area (Å²) in [6, 6.07) is 8.27. The van der Waals surface area contributed by atoms with Gasteiger partial charge in [0, 0.05) is 12.6 Å². The molecule has 2 N–H and O–H groups in total. The van der Waals surface area contributed by atoms with Gasteiger partial charge in [-0.3, -0.25) is 0 Å². The van der Waals surface area contributed by atoms with Crippen LogP contribution >= 0.6 is 0 Å². The standard InChI is InChI=1S/C13H14FNO2/c1-9-4-5-10(7-11(9)14)17-13(8-15)12-3-2-6-16-12/h2-7,13H,8,15H2,1H3. The van der Waals surface area contributed by atoms with Gasteiger partial charge in [-0.15, -0.1) is 0 Å². The van der Waals surface area contributed by atoms with E-state index in [1.54, 1.807) is 37.5 Å². The van der Waals surface area contributed by atoms with Crippen LogP contribution in [0.15, 0.2) is 41.0 Å². The lowest BCUT2D eigenvalue weighted by atomic mass is 10.2. The molecule has 0 spiro atoms. The minimum atomic E-state index is -0.396. The lowest BCUT2D eigenvalue weighted by Crippen LogP contribution is -2.17. The summed E-state index contributed by atoms with van der Waals surface area (Å²) >= 11 is 0. The Labute approximate surface area is 99.0 Å². The zero-order chi connectivity index (χ0) is 12.3. The van der Waals surface area contributed by atoms with Crippen LogP contribution in [0.25, 0.3) is 0 Å². The predicted octanol–water partition coefficient (Wildman–Crippen LogP) is 2.81. The van der Waals surface area contributed by atoms with Crippen molar-refractivity contribution in [3.8, 4) is 5.75 Å². The van der Waals surface area contributed by atoms with Crippen LogP contribution < -0.4 is 10.5 Å². The molecular weight excluding hydrogens is 221 g/mol. The summed E-state index contributed by atoms with van der Waals surface area (Å²) in [5, 5.41) is 0. The van der Waals surface area contributed by atoms with Gasteiger partial charge in [0.15, 0.2) is 6.10 Å². The molecular formula is C13H14FNO2. The van der Waals surface area contributed by atoms with Gasteiger partial charge >= 0.3 is 0 Å². The Hall–Kier alpha value is -1.81. The van der Waals surface area contributed by atoms with E-state index in [1.165, 1.54) is 6.07 Å². The zero-order valence-corrected chi connectivity index (χ0v) is 9.52. The molecule has 0 radical (unpaired) electrons. The molecule has 2 rings (SSSR count). The Bertz CT molecular complexity index is 482. The molecule has 1 unspecified atom stereocenters. The molecule has 0 amide bonds. The van der Waals surface area contributed by atoms with Crippen molar-refractivity contribution in [3.63, 3.8) is 0 Å². The number of rotatable bonds is 4. The maximum Gasteiger partial charge on any atom is 0.168 e. The summed E-state index contributed by atoms with van der Waals surface area (Å²) in [6.07, 6.45) is 1.16. The molecule has 4 heteroatoms. The second-order valence-corrected chi connectivity index (χ2v) is 3.77. The smallest absolute Gasteiger partial charge is 0.168 e. The molecule has 90 valence electrons. The average molecular weight is 235 g/mol. The lowest BCUT2D eigenvalue weighted by Gasteiger charge is -2.15. The van der Waals surface area contributed by atoms with Crippen molar-refractivity contribution < 1.29 is 13.5 Å². The fraction of sp³-hybridized carbons (Fsp3) is 0.231. The van der Waals surface area contributed by atoms with Crippen LogP contribution in [-0.2, 0) is 0 Å². The van der Waals surface area contributed by atoms with Gasteiger partial charge in [-0.2, -0.15) is 0 Å². The van der Waals surface area contributed by atoms with Crippen molar-refractivity contribution in [2.24, 2.45) is 5.73 Å². The summed E-state index contributed by atoms with van der Waals surface area (Å²) in [6.45, 7) is 1.97. The van der Waals surface area contributed by atoms with E-state index < -0.39 is 6.10 Å². The van der Waals surface area contributed by atoms with Gasteiger partial charge in [0.05, 0.1) is 6.26 Å². The largest absolute Gasteiger partial charge is 0.481 e. The number of hydrogen-bond donors (Lipinski definition) is 1. The summed E-state index contributed by atoms with van der Waals surface area (Å²) < 4.78 is 24.1. The first-order valence-electron chi connectivity index (χ1n) is 5.37. The Morgan fingerprint density at radius 3 is 2.82 bits per heavy atom. The minimum Gasteiger partial charge on any atom is -0.481 e. The Kier molecular flexibility index (Phi) is 3.44. The van der Waals surface area contributed by atoms with Gasteiger partial charge in [0.1, 0.15) is 17.3 Å². The molecule has 1 aromatic carbocycles. The van der Waals surface area contributed by atoms with E-state index in [4.69, 9.17) is 14.9 Å². The van der Waals surface area contributed by atoms with E-state index in [1.807, 2.05) is 0 Å². The highest BCUT2D eigenvalue weighted by Crippen LogP contribution is 2.23. The summed E-state index contributed by atoms with van der Waals surface area (Å²) in [5.74, 6) is 0.783. The maximum absolute atomic E-state index is 13.3. The number of halogens is 1. The molecule has 1 aromatic heterocycles. The van der Waals surface area contributed by atoms with E-state index in [9.17, 15) is 4.39 Å². The Balaban J connectivity index is 2.16. The third-order valence-corrected chi connectivity index (χ3v) is 2.50. The molecule has 0 fully saturated rings. The summed E-state index contributed by atoms with van der Waals surface area (Å²) in [4.78, 5) is 0. The van der Waals surface area contributed by atoms with E-state index >= 15 is 0 Å². The number of nitrogens with two attached hydrogens (primary N) is 1. The highest BCUT2D eigenvalue weighted by molar-refractivity contribution is 5.28. The first-order valence-corrected chi connectivity index (χ1v) is 5.37. The van der Waals surface area contributed by atoms with Crippen LogP contribution in [0.3, 0.4) is 0 Å². The van der Waals surface area contributed by atoms with Gasteiger partial charge in [-0.05, 0) is 30.7 Å². The maximum atomic E-state index is 13.3. The molecule has 3 nitrogen and oxygen atoms in total. The number of furan rings is 1.